The predicted molar refractivity (Wildman–Crippen MR) is 59.0 cm³/mol. The lowest BCUT2D eigenvalue weighted by Gasteiger charge is -2.02. The highest BCUT2D eigenvalue weighted by Gasteiger charge is 2.07. The first-order valence-electron chi connectivity index (χ1n) is 4.67. The third-order valence-corrected chi connectivity index (χ3v) is 2.38. The van der Waals surface area contributed by atoms with E-state index >= 15 is 0 Å². The molecule has 0 bridgehead atoms. The first kappa shape index (κ1) is 10.8. The highest BCUT2D eigenvalue weighted by Crippen LogP contribution is 2.17. The van der Waals surface area contributed by atoms with Gasteiger partial charge < -0.3 is 9.36 Å². The van der Waals surface area contributed by atoms with Gasteiger partial charge in [0.25, 0.3) is 0 Å². The summed E-state index contributed by atoms with van der Waals surface area (Å²) in [5.74, 6) is 0. The van der Waals surface area contributed by atoms with E-state index in [4.69, 9.17) is 11.6 Å². The Morgan fingerprint density at radius 2 is 2.06 bits per heavy atom. The van der Waals surface area contributed by atoms with Gasteiger partial charge in [-0.05, 0) is 18.5 Å². The van der Waals surface area contributed by atoms with Gasteiger partial charge in [0.1, 0.15) is 6.29 Å². The van der Waals surface area contributed by atoms with Gasteiger partial charge in [0, 0.05) is 24.2 Å². The smallest absolute Gasteiger partial charge is 0.222 e. The van der Waals surface area contributed by atoms with E-state index in [2.05, 4.69) is 15.0 Å². The molecule has 0 saturated carbocycles. The highest BCUT2D eigenvalue weighted by molar-refractivity contribution is 6.28. The summed E-state index contributed by atoms with van der Waals surface area (Å²) in [4.78, 5) is 22.5. The van der Waals surface area contributed by atoms with Gasteiger partial charge in [-0.25, -0.2) is 15.0 Å². The van der Waals surface area contributed by atoms with Crippen molar-refractivity contribution in [3.05, 3.63) is 30.2 Å². The second-order valence-electron chi connectivity index (χ2n) is 3.32. The summed E-state index contributed by atoms with van der Waals surface area (Å²) >= 11 is 5.58. The van der Waals surface area contributed by atoms with Crippen molar-refractivity contribution in [3.63, 3.8) is 0 Å². The first-order valence-corrected chi connectivity index (χ1v) is 5.05. The van der Waals surface area contributed by atoms with Crippen LogP contribution >= 0.6 is 11.6 Å². The Balaban J connectivity index is 2.31. The van der Waals surface area contributed by atoms with Gasteiger partial charge in [0.05, 0.1) is 18.1 Å². The Kier molecular flexibility index (Phi) is 2.96. The number of hydrogen-bond donors (Lipinski definition) is 0. The Labute approximate surface area is 97.1 Å². The molecule has 0 amide bonds. The number of nitrogens with zero attached hydrogens (tertiary/aromatic N) is 4. The number of halogens is 1. The lowest BCUT2D eigenvalue weighted by Crippen LogP contribution is -2.02. The summed E-state index contributed by atoms with van der Waals surface area (Å²) in [6, 6.07) is -0.227. The van der Waals surface area contributed by atoms with Gasteiger partial charge in [-0.15, -0.1) is 0 Å². The molecule has 1 atom stereocenters. The van der Waals surface area contributed by atoms with Crippen LogP contribution in [-0.4, -0.2) is 25.8 Å². The van der Waals surface area contributed by atoms with Crippen molar-refractivity contribution in [2.45, 2.75) is 13.0 Å². The summed E-state index contributed by atoms with van der Waals surface area (Å²) in [6.07, 6.45) is 7.40. The van der Waals surface area contributed by atoms with Crippen LogP contribution < -0.4 is 0 Å². The number of carbonyl (C=O) groups excluding carboxylic acids is 1. The van der Waals surface area contributed by atoms with Crippen LogP contribution in [0.15, 0.2) is 24.9 Å². The fourth-order valence-electron chi connectivity index (χ4n) is 1.22. The Morgan fingerprint density at radius 1 is 1.38 bits per heavy atom. The zero-order valence-electron chi connectivity index (χ0n) is 8.54. The molecule has 0 aliphatic rings. The molecule has 0 aliphatic carbocycles. The number of aromatic nitrogens is 4. The number of hydrogen-bond acceptors (Lipinski definition) is 4. The van der Waals surface area contributed by atoms with Gasteiger partial charge in [-0.3, -0.25) is 0 Å². The van der Waals surface area contributed by atoms with Gasteiger partial charge >= 0.3 is 0 Å². The van der Waals surface area contributed by atoms with Crippen molar-refractivity contribution in [1.29, 1.82) is 0 Å². The standard InChI is InChI=1S/C10H9ClN4O/c1-7(5-16)15-4-9(14-6-15)8-2-12-10(11)13-3-8/h2-7H,1H3. The largest absolute Gasteiger partial charge is 0.327 e. The molecular weight excluding hydrogens is 228 g/mol. The van der Waals surface area contributed by atoms with E-state index in [-0.39, 0.29) is 11.3 Å². The van der Waals surface area contributed by atoms with E-state index in [1.54, 1.807) is 36.4 Å². The lowest BCUT2D eigenvalue weighted by molar-refractivity contribution is -0.110. The molecule has 0 radical (unpaired) electrons. The van der Waals surface area contributed by atoms with Crippen LogP contribution in [0.1, 0.15) is 13.0 Å². The minimum Gasteiger partial charge on any atom is -0.327 e. The minimum absolute atomic E-state index is 0.199. The van der Waals surface area contributed by atoms with Crippen LogP contribution in [0.5, 0.6) is 0 Å². The van der Waals surface area contributed by atoms with Crippen LogP contribution in [0.2, 0.25) is 5.28 Å². The van der Waals surface area contributed by atoms with E-state index in [1.807, 2.05) is 0 Å². The monoisotopic (exact) mass is 236 g/mol. The number of carbonyl (C=O) groups is 1. The maximum Gasteiger partial charge on any atom is 0.222 e. The van der Waals surface area contributed by atoms with Crippen LogP contribution in [0.3, 0.4) is 0 Å². The molecule has 2 heterocycles. The van der Waals surface area contributed by atoms with E-state index in [9.17, 15) is 4.79 Å². The molecule has 0 saturated heterocycles. The molecule has 0 N–H and O–H groups in total. The maximum absolute atomic E-state index is 10.6. The minimum atomic E-state index is -0.227. The highest BCUT2D eigenvalue weighted by atomic mass is 35.5. The van der Waals surface area contributed by atoms with Crippen molar-refractivity contribution >= 4 is 17.9 Å². The molecule has 2 aromatic rings. The number of aldehydes is 1. The van der Waals surface area contributed by atoms with Crippen molar-refractivity contribution in [3.8, 4) is 11.3 Å². The van der Waals surface area contributed by atoms with Gasteiger partial charge in [-0.1, -0.05) is 0 Å². The summed E-state index contributed by atoms with van der Waals surface area (Å²) in [5, 5.41) is 0.199. The molecule has 0 spiro atoms. The third kappa shape index (κ3) is 2.09. The quantitative estimate of drug-likeness (QED) is 0.602. The first-order chi connectivity index (χ1) is 7.70. The summed E-state index contributed by atoms with van der Waals surface area (Å²) in [5.41, 5.74) is 1.48. The number of imidazole rings is 1. The third-order valence-electron chi connectivity index (χ3n) is 2.18. The maximum atomic E-state index is 10.6. The van der Waals surface area contributed by atoms with Crippen molar-refractivity contribution in [1.82, 2.24) is 19.5 Å². The van der Waals surface area contributed by atoms with Crippen molar-refractivity contribution in [2.75, 3.05) is 0 Å². The molecule has 0 aromatic carbocycles. The Hall–Kier alpha value is -1.75. The topological polar surface area (TPSA) is 60.7 Å². The fourth-order valence-corrected chi connectivity index (χ4v) is 1.32. The second kappa shape index (κ2) is 4.40. The second-order valence-corrected chi connectivity index (χ2v) is 3.66. The van der Waals surface area contributed by atoms with Crippen LogP contribution in [-0.2, 0) is 4.79 Å². The van der Waals surface area contributed by atoms with Gasteiger partial charge in [-0.2, -0.15) is 0 Å². The van der Waals surface area contributed by atoms with Crippen molar-refractivity contribution in [2.24, 2.45) is 0 Å². The zero-order valence-corrected chi connectivity index (χ0v) is 9.30. The fraction of sp³-hybridized carbons (Fsp3) is 0.200. The summed E-state index contributed by atoms with van der Waals surface area (Å²) in [6.45, 7) is 1.79. The summed E-state index contributed by atoms with van der Waals surface area (Å²) in [7, 11) is 0. The number of rotatable bonds is 3. The molecule has 0 aliphatic heterocycles. The van der Waals surface area contributed by atoms with Crippen LogP contribution in [0.4, 0.5) is 0 Å². The molecular formula is C10H9ClN4O. The van der Waals surface area contributed by atoms with E-state index in [1.165, 1.54) is 0 Å². The molecule has 0 fully saturated rings. The Morgan fingerprint density at radius 3 is 2.69 bits per heavy atom. The zero-order chi connectivity index (χ0) is 11.5. The lowest BCUT2D eigenvalue weighted by atomic mass is 10.3. The van der Waals surface area contributed by atoms with Crippen LogP contribution in [0.25, 0.3) is 11.3 Å². The average molecular weight is 237 g/mol. The average Bonchev–Trinajstić information content (AvgIpc) is 2.78. The van der Waals surface area contributed by atoms with E-state index in [0.717, 1.165) is 11.8 Å². The van der Waals surface area contributed by atoms with Crippen LogP contribution in [0, 0.1) is 0 Å². The molecule has 5 nitrogen and oxygen atoms in total. The van der Waals surface area contributed by atoms with Crippen molar-refractivity contribution < 1.29 is 4.79 Å². The summed E-state index contributed by atoms with van der Waals surface area (Å²) < 4.78 is 1.72. The molecule has 82 valence electrons. The normalized spacial score (nSPS) is 12.4. The molecule has 1 unspecified atom stereocenters. The predicted octanol–water partition coefficient (Wildman–Crippen LogP) is 1.75. The molecule has 6 heteroatoms. The van der Waals surface area contributed by atoms with Gasteiger partial charge in [0.15, 0.2) is 0 Å². The molecule has 16 heavy (non-hydrogen) atoms. The van der Waals surface area contributed by atoms with Gasteiger partial charge in [0.2, 0.25) is 5.28 Å². The molecule has 2 aromatic heterocycles. The molecule has 2 rings (SSSR count). The van der Waals surface area contributed by atoms with E-state index in [0.29, 0.717) is 5.69 Å². The SMILES string of the molecule is CC(C=O)n1cnc(-c2cnc(Cl)nc2)c1. The Bertz CT molecular complexity index is 494. The van der Waals surface area contributed by atoms with E-state index < -0.39 is 0 Å².